The molecule has 6 heteroatoms. The van der Waals surface area contributed by atoms with Gasteiger partial charge in [0.1, 0.15) is 11.5 Å². The van der Waals surface area contributed by atoms with Crippen molar-refractivity contribution in [2.75, 3.05) is 12.4 Å². The summed E-state index contributed by atoms with van der Waals surface area (Å²) in [6.45, 7) is 2.10. The lowest BCUT2D eigenvalue weighted by atomic mass is 10.1. The van der Waals surface area contributed by atoms with E-state index in [2.05, 4.69) is 11.4 Å². The van der Waals surface area contributed by atoms with E-state index in [1.54, 1.807) is 37.9 Å². The molecular formula is C22H22ClNO3S. The predicted molar refractivity (Wildman–Crippen MR) is 115 cm³/mol. The number of rotatable bonds is 7. The molecule has 0 heterocycles. The molecule has 3 N–H and O–H groups in total. The first-order valence-corrected chi connectivity index (χ1v) is 10.0. The van der Waals surface area contributed by atoms with Crippen LogP contribution in [-0.4, -0.2) is 17.3 Å². The van der Waals surface area contributed by atoms with Gasteiger partial charge in [-0.05, 0) is 55.0 Å². The Labute approximate surface area is 174 Å². The molecule has 146 valence electrons. The summed E-state index contributed by atoms with van der Waals surface area (Å²) in [5.41, 5.74) is 1.98. The van der Waals surface area contributed by atoms with Crippen molar-refractivity contribution in [2.24, 2.45) is 0 Å². The number of hydrogen-bond donors (Lipinski definition) is 3. The number of anilines is 1. The van der Waals surface area contributed by atoms with Gasteiger partial charge in [0.25, 0.3) is 0 Å². The lowest BCUT2D eigenvalue weighted by Gasteiger charge is -2.16. The molecule has 0 spiro atoms. The van der Waals surface area contributed by atoms with Crippen molar-refractivity contribution in [1.82, 2.24) is 0 Å². The van der Waals surface area contributed by atoms with Gasteiger partial charge in [0.2, 0.25) is 0 Å². The SMILES string of the molecule is COc1ccc(Sc2ccccc2CNc2cc(Cl)cc(C(C)O)c2O)cc1. The second-order valence-corrected chi connectivity index (χ2v) is 7.86. The molecule has 0 aromatic heterocycles. The van der Waals surface area contributed by atoms with E-state index in [1.165, 1.54) is 0 Å². The number of phenolic OH excluding ortho intramolecular Hbond substituents is 1. The number of phenols is 1. The summed E-state index contributed by atoms with van der Waals surface area (Å²) in [5.74, 6) is 0.837. The fourth-order valence-corrected chi connectivity index (χ4v) is 3.95. The second-order valence-electron chi connectivity index (χ2n) is 6.31. The predicted octanol–water partition coefficient (Wildman–Crippen LogP) is 5.87. The zero-order valence-electron chi connectivity index (χ0n) is 15.6. The van der Waals surface area contributed by atoms with Crippen molar-refractivity contribution < 1.29 is 14.9 Å². The van der Waals surface area contributed by atoms with Crippen LogP contribution in [0.25, 0.3) is 0 Å². The first kappa shape index (κ1) is 20.4. The molecule has 0 aliphatic heterocycles. The van der Waals surface area contributed by atoms with Gasteiger partial charge < -0.3 is 20.3 Å². The van der Waals surface area contributed by atoms with E-state index < -0.39 is 6.10 Å². The molecule has 4 nitrogen and oxygen atoms in total. The fourth-order valence-electron chi connectivity index (χ4n) is 2.78. The van der Waals surface area contributed by atoms with Crippen LogP contribution in [0.15, 0.2) is 70.5 Å². The third-order valence-corrected chi connectivity index (χ3v) is 5.63. The molecule has 3 aromatic rings. The molecule has 1 atom stereocenters. The molecule has 0 radical (unpaired) electrons. The molecule has 0 amide bonds. The third kappa shape index (κ3) is 4.93. The smallest absolute Gasteiger partial charge is 0.144 e. The quantitative estimate of drug-likeness (QED) is 0.421. The van der Waals surface area contributed by atoms with Gasteiger partial charge in [-0.3, -0.25) is 0 Å². The second kappa shape index (κ2) is 9.24. The highest BCUT2D eigenvalue weighted by molar-refractivity contribution is 7.99. The maximum Gasteiger partial charge on any atom is 0.144 e. The Hall–Kier alpha value is -2.34. The van der Waals surface area contributed by atoms with Gasteiger partial charge in [-0.1, -0.05) is 41.6 Å². The Morgan fingerprint density at radius 1 is 1.11 bits per heavy atom. The van der Waals surface area contributed by atoms with Crippen LogP contribution < -0.4 is 10.1 Å². The number of ether oxygens (including phenoxy) is 1. The fraction of sp³-hybridized carbons (Fsp3) is 0.182. The van der Waals surface area contributed by atoms with Crippen LogP contribution in [0.3, 0.4) is 0 Å². The van der Waals surface area contributed by atoms with Gasteiger partial charge in [0.15, 0.2) is 0 Å². The van der Waals surface area contributed by atoms with Crippen molar-refractivity contribution in [3.63, 3.8) is 0 Å². The Kier molecular flexibility index (Phi) is 6.73. The number of aliphatic hydroxyl groups excluding tert-OH is 1. The maximum absolute atomic E-state index is 10.4. The van der Waals surface area contributed by atoms with Crippen LogP contribution in [0.1, 0.15) is 24.2 Å². The number of halogens is 1. The van der Waals surface area contributed by atoms with E-state index in [0.29, 0.717) is 22.8 Å². The first-order valence-electron chi connectivity index (χ1n) is 8.82. The van der Waals surface area contributed by atoms with Crippen LogP contribution in [0, 0.1) is 0 Å². The van der Waals surface area contributed by atoms with Crippen LogP contribution in [-0.2, 0) is 6.54 Å². The third-order valence-electron chi connectivity index (χ3n) is 4.28. The average molecular weight is 416 g/mol. The summed E-state index contributed by atoms with van der Waals surface area (Å²) in [5, 5.41) is 23.9. The number of aromatic hydroxyl groups is 1. The van der Waals surface area contributed by atoms with Crippen molar-refractivity contribution in [3.05, 3.63) is 76.8 Å². The van der Waals surface area contributed by atoms with Crippen LogP contribution >= 0.6 is 23.4 Å². The average Bonchev–Trinajstić information content (AvgIpc) is 2.69. The lowest BCUT2D eigenvalue weighted by Crippen LogP contribution is -2.03. The minimum Gasteiger partial charge on any atom is -0.505 e. The van der Waals surface area contributed by atoms with Gasteiger partial charge >= 0.3 is 0 Å². The molecule has 28 heavy (non-hydrogen) atoms. The zero-order valence-corrected chi connectivity index (χ0v) is 17.2. The largest absolute Gasteiger partial charge is 0.505 e. The normalized spacial score (nSPS) is 11.9. The molecule has 0 aliphatic carbocycles. The van der Waals surface area contributed by atoms with Crippen molar-refractivity contribution in [3.8, 4) is 11.5 Å². The minimum absolute atomic E-state index is 0.0136. The number of methoxy groups -OCH3 is 1. The Balaban J connectivity index is 1.79. The summed E-state index contributed by atoms with van der Waals surface area (Å²) >= 11 is 7.79. The summed E-state index contributed by atoms with van der Waals surface area (Å²) < 4.78 is 5.21. The number of aliphatic hydroxyl groups is 1. The van der Waals surface area contributed by atoms with Gasteiger partial charge in [-0.15, -0.1) is 0 Å². The molecule has 3 rings (SSSR count). The molecule has 0 saturated heterocycles. The monoisotopic (exact) mass is 415 g/mol. The molecule has 3 aromatic carbocycles. The summed E-state index contributed by atoms with van der Waals surface area (Å²) in [4.78, 5) is 2.22. The maximum atomic E-state index is 10.4. The van der Waals surface area contributed by atoms with Crippen LogP contribution in [0.2, 0.25) is 5.02 Å². The summed E-state index contributed by atoms with van der Waals surface area (Å²) in [6, 6.07) is 19.2. The summed E-state index contributed by atoms with van der Waals surface area (Å²) in [7, 11) is 1.65. The zero-order chi connectivity index (χ0) is 20.1. The molecular weight excluding hydrogens is 394 g/mol. The Bertz CT molecular complexity index is 945. The van der Waals surface area contributed by atoms with Crippen molar-refractivity contribution in [1.29, 1.82) is 0 Å². The molecule has 1 unspecified atom stereocenters. The number of benzene rings is 3. The van der Waals surface area contributed by atoms with Gasteiger partial charge in [-0.25, -0.2) is 0 Å². The van der Waals surface area contributed by atoms with Crippen LogP contribution in [0.4, 0.5) is 5.69 Å². The Morgan fingerprint density at radius 3 is 2.50 bits per heavy atom. The van der Waals surface area contributed by atoms with Gasteiger partial charge in [0.05, 0.1) is 18.9 Å². The highest BCUT2D eigenvalue weighted by atomic mass is 35.5. The van der Waals surface area contributed by atoms with E-state index in [0.717, 1.165) is 21.1 Å². The summed E-state index contributed by atoms with van der Waals surface area (Å²) in [6.07, 6.45) is -0.808. The van der Waals surface area contributed by atoms with Crippen LogP contribution in [0.5, 0.6) is 11.5 Å². The first-order chi connectivity index (χ1) is 13.5. The van der Waals surface area contributed by atoms with Crippen molar-refractivity contribution in [2.45, 2.75) is 29.4 Å². The Morgan fingerprint density at radius 2 is 1.82 bits per heavy atom. The van der Waals surface area contributed by atoms with E-state index in [1.807, 2.05) is 42.5 Å². The molecule has 0 fully saturated rings. The highest BCUT2D eigenvalue weighted by Gasteiger charge is 2.14. The molecule has 0 bridgehead atoms. The number of hydrogen-bond acceptors (Lipinski definition) is 5. The molecule has 0 saturated carbocycles. The van der Waals surface area contributed by atoms with Gasteiger partial charge in [0, 0.05) is 26.9 Å². The van der Waals surface area contributed by atoms with Crippen molar-refractivity contribution >= 4 is 29.1 Å². The van der Waals surface area contributed by atoms with E-state index >= 15 is 0 Å². The molecule has 0 aliphatic rings. The highest BCUT2D eigenvalue weighted by Crippen LogP contribution is 2.36. The van der Waals surface area contributed by atoms with E-state index in [4.69, 9.17) is 16.3 Å². The van der Waals surface area contributed by atoms with E-state index in [9.17, 15) is 10.2 Å². The standard InChI is InChI=1S/C22H22ClNO3S/c1-14(25)19-11-16(23)12-20(22(19)26)24-13-15-5-3-4-6-21(15)28-18-9-7-17(27-2)8-10-18/h3-12,14,24-26H,13H2,1-2H3. The minimum atomic E-state index is -0.808. The topological polar surface area (TPSA) is 61.7 Å². The van der Waals surface area contributed by atoms with Gasteiger partial charge in [-0.2, -0.15) is 0 Å². The lowest BCUT2D eigenvalue weighted by molar-refractivity contribution is 0.195. The van der Waals surface area contributed by atoms with E-state index in [-0.39, 0.29) is 5.75 Å². The number of nitrogens with one attached hydrogen (secondary N) is 1.